The first kappa shape index (κ1) is 16.7. The van der Waals surface area contributed by atoms with Crippen LogP contribution in [0.1, 0.15) is 5.56 Å². The number of hydrogen-bond donors (Lipinski definition) is 2. The number of carbonyl (C=O) groups excluding carboxylic acids is 2. The fraction of sp³-hybridized carbons (Fsp3) is 0.500. The van der Waals surface area contributed by atoms with E-state index >= 15 is 0 Å². The average molecular weight is 351 g/mol. The molecule has 5 nitrogen and oxygen atoms in total. The van der Waals surface area contributed by atoms with E-state index in [1.54, 1.807) is 11.8 Å². The number of rotatable bonds is 4. The normalized spacial score (nSPS) is 21.2. The van der Waals surface area contributed by atoms with Crippen molar-refractivity contribution in [3.8, 4) is 0 Å². The van der Waals surface area contributed by atoms with Gasteiger partial charge in [0.2, 0.25) is 11.8 Å². The minimum absolute atomic E-state index is 0.00430. The first-order valence-electron chi connectivity index (χ1n) is 7.79. The number of carbonyl (C=O) groups is 2. The van der Waals surface area contributed by atoms with Gasteiger partial charge in [-0.3, -0.25) is 14.9 Å². The summed E-state index contributed by atoms with van der Waals surface area (Å²) in [5, 5.41) is 6.06. The van der Waals surface area contributed by atoms with Gasteiger partial charge in [0.05, 0.1) is 12.5 Å². The van der Waals surface area contributed by atoms with Crippen LogP contribution < -0.4 is 10.6 Å². The predicted octanol–water partition coefficient (Wildman–Crippen LogP) is 1.41. The van der Waals surface area contributed by atoms with Crippen molar-refractivity contribution >= 4 is 41.0 Å². The number of thioether (sulfide) groups is 2. The standard InChI is InChI=1S/C16H21N3O2S2/c20-15(19-5-7-22-8-6-19)9-12-1-3-13(4-2-12)18-16(21)14-10-23-11-17-14/h1-4,14,17H,5-11H2,(H,18,21). The summed E-state index contributed by atoms with van der Waals surface area (Å²) in [6.07, 6.45) is 0.430. The monoisotopic (exact) mass is 351 g/mol. The number of anilines is 1. The maximum absolute atomic E-state index is 12.2. The van der Waals surface area contributed by atoms with Crippen LogP contribution in [0.2, 0.25) is 0 Å². The Morgan fingerprint density at radius 1 is 1.17 bits per heavy atom. The van der Waals surface area contributed by atoms with Gasteiger partial charge in [0.25, 0.3) is 0 Å². The molecule has 2 aliphatic rings. The summed E-state index contributed by atoms with van der Waals surface area (Å²) in [6, 6.07) is 7.47. The van der Waals surface area contributed by atoms with E-state index in [2.05, 4.69) is 10.6 Å². The van der Waals surface area contributed by atoms with Crippen LogP contribution in [0, 0.1) is 0 Å². The quantitative estimate of drug-likeness (QED) is 0.859. The lowest BCUT2D eigenvalue weighted by Crippen LogP contribution is -2.38. The van der Waals surface area contributed by atoms with Gasteiger partial charge in [-0.2, -0.15) is 11.8 Å². The van der Waals surface area contributed by atoms with E-state index in [0.717, 1.165) is 47.5 Å². The zero-order valence-electron chi connectivity index (χ0n) is 12.9. The van der Waals surface area contributed by atoms with Crippen LogP contribution in [0.15, 0.2) is 24.3 Å². The Kier molecular flexibility index (Phi) is 5.85. The molecular formula is C16H21N3O2S2. The first-order valence-corrected chi connectivity index (χ1v) is 10.1. The molecule has 1 aromatic carbocycles. The van der Waals surface area contributed by atoms with Gasteiger partial charge >= 0.3 is 0 Å². The maximum atomic E-state index is 12.2. The summed E-state index contributed by atoms with van der Waals surface area (Å²) in [5.41, 5.74) is 1.76. The Bertz CT molecular complexity index is 553. The Morgan fingerprint density at radius 2 is 1.91 bits per heavy atom. The highest BCUT2D eigenvalue weighted by Gasteiger charge is 2.22. The van der Waals surface area contributed by atoms with Crippen LogP contribution in [0.5, 0.6) is 0 Å². The van der Waals surface area contributed by atoms with Crippen molar-refractivity contribution < 1.29 is 9.59 Å². The lowest BCUT2D eigenvalue weighted by atomic mass is 10.1. The molecule has 0 spiro atoms. The Hall–Kier alpha value is -1.18. The van der Waals surface area contributed by atoms with E-state index in [9.17, 15) is 9.59 Å². The van der Waals surface area contributed by atoms with Crippen molar-refractivity contribution in [2.75, 3.05) is 41.5 Å². The summed E-state index contributed by atoms with van der Waals surface area (Å²) in [7, 11) is 0. The predicted molar refractivity (Wildman–Crippen MR) is 96.9 cm³/mol. The van der Waals surface area contributed by atoms with Gasteiger partial charge in [-0.1, -0.05) is 12.1 Å². The Labute approximate surface area is 144 Å². The van der Waals surface area contributed by atoms with Gasteiger partial charge in [0.1, 0.15) is 0 Å². The molecule has 0 bridgehead atoms. The molecule has 7 heteroatoms. The molecule has 2 N–H and O–H groups in total. The molecule has 2 heterocycles. The van der Waals surface area contributed by atoms with Crippen LogP contribution in [-0.2, 0) is 16.0 Å². The number of hydrogen-bond acceptors (Lipinski definition) is 5. The lowest BCUT2D eigenvalue weighted by molar-refractivity contribution is -0.130. The van der Waals surface area contributed by atoms with Crippen molar-refractivity contribution in [3.63, 3.8) is 0 Å². The minimum Gasteiger partial charge on any atom is -0.341 e. The van der Waals surface area contributed by atoms with Crippen molar-refractivity contribution in [1.82, 2.24) is 10.2 Å². The average Bonchev–Trinajstić information content (AvgIpc) is 3.12. The smallest absolute Gasteiger partial charge is 0.242 e. The third kappa shape index (κ3) is 4.65. The molecule has 0 aliphatic carbocycles. The highest BCUT2D eigenvalue weighted by molar-refractivity contribution is 7.99. The number of nitrogens with zero attached hydrogens (tertiary/aromatic N) is 1. The zero-order valence-corrected chi connectivity index (χ0v) is 14.5. The van der Waals surface area contributed by atoms with E-state index < -0.39 is 0 Å². The van der Waals surface area contributed by atoms with Gasteiger partial charge in [0, 0.05) is 41.9 Å². The van der Waals surface area contributed by atoms with Crippen molar-refractivity contribution in [1.29, 1.82) is 0 Å². The molecule has 3 rings (SSSR count). The van der Waals surface area contributed by atoms with Gasteiger partial charge in [-0.15, -0.1) is 11.8 Å². The summed E-state index contributed by atoms with van der Waals surface area (Å²) in [4.78, 5) is 26.2. The second kappa shape index (κ2) is 8.08. The van der Waals surface area contributed by atoms with Crippen LogP contribution in [-0.4, -0.2) is 59.0 Å². The molecule has 2 amide bonds. The SMILES string of the molecule is O=C(Nc1ccc(CC(=O)N2CCSCC2)cc1)C1CSCN1. The fourth-order valence-corrected chi connectivity index (χ4v) is 4.44. The molecule has 0 aromatic heterocycles. The molecule has 2 fully saturated rings. The van der Waals surface area contributed by atoms with Crippen LogP contribution in [0.25, 0.3) is 0 Å². The summed E-state index contributed by atoms with van der Waals surface area (Å²) in [5.74, 6) is 3.90. The van der Waals surface area contributed by atoms with Crippen LogP contribution in [0.4, 0.5) is 5.69 Å². The number of nitrogens with one attached hydrogen (secondary N) is 2. The van der Waals surface area contributed by atoms with Crippen molar-refractivity contribution in [2.45, 2.75) is 12.5 Å². The highest BCUT2D eigenvalue weighted by Crippen LogP contribution is 2.15. The molecule has 0 saturated carbocycles. The van der Waals surface area contributed by atoms with Gasteiger partial charge in [0.15, 0.2) is 0 Å². The second-order valence-corrected chi connectivity index (χ2v) is 7.88. The molecule has 1 unspecified atom stereocenters. The Morgan fingerprint density at radius 3 is 2.57 bits per heavy atom. The highest BCUT2D eigenvalue weighted by atomic mass is 32.2. The topological polar surface area (TPSA) is 61.4 Å². The van der Waals surface area contributed by atoms with E-state index in [1.165, 1.54) is 0 Å². The van der Waals surface area contributed by atoms with Crippen molar-refractivity contribution in [2.24, 2.45) is 0 Å². The van der Waals surface area contributed by atoms with E-state index in [-0.39, 0.29) is 17.9 Å². The lowest BCUT2D eigenvalue weighted by Gasteiger charge is -2.26. The number of benzene rings is 1. The van der Waals surface area contributed by atoms with E-state index in [4.69, 9.17) is 0 Å². The van der Waals surface area contributed by atoms with Crippen LogP contribution >= 0.6 is 23.5 Å². The van der Waals surface area contributed by atoms with Crippen molar-refractivity contribution in [3.05, 3.63) is 29.8 Å². The molecule has 0 radical (unpaired) electrons. The third-order valence-electron chi connectivity index (χ3n) is 3.97. The summed E-state index contributed by atoms with van der Waals surface area (Å²) < 4.78 is 0. The van der Waals surface area contributed by atoms with Crippen LogP contribution in [0.3, 0.4) is 0 Å². The molecule has 2 saturated heterocycles. The first-order chi connectivity index (χ1) is 11.2. The van der Waals surface area contributed by atoms with Gasteiger partial charge in [-0.05, 0) is 17.7 Å². The summed E-state index contributed by atoms with van der Waals surface area (Å²) in [6.45, 7) is 1.70. The molecule has 1 aromatic rings. The summed E-state index contributed by atoms with van der Waals surface area (Å²) >= 11 is 3.63. The number of amides is 2. The Balaban J connectivity index is 1.52. The van der Waals surface area contributed by atoms with E-state index in [1.807, 2.05) is 40.9 Å². The molecule has 2 aliphatic heterocycles. The molecule has 23 heavy (non-hydrogen) atoms. The molecule has 124 valence electrons. The fourth-order valence-electron chi connectivity index (χ4n) is 2.60. The van der Waals surface area contributed by atoms with Gasteiger partial charge in [-0.25, -0.2) is 0 Å². The third-order valence-corrected chi connectivity index (χ3v) is 5.86. The van der Waals surface area contributed by atoms with E-state index in [0.29, 0.717) is 6.42 Å². The maximum Gasteiger partial charge on any atom is 0.242 e. The largest absolute Gasteiger partial charge is 0.341 e. The second-order valence-electron chi connectivity index (χ2n) is 5.63. The van der Waals surface area contributed by atoms with Gasteiger partial charge < -0.3 is 10.2 Å². The minimum atomic E-state index is -0.113. The molecular weight excluding hydrogens is 330 g/mol. The zero-order chi connectivity index (χ0) is 16.1. The molecule has 1 atom stereocenters.